The molecule has 0 amide bonds. The van der Waals surface area contributed by atoms with Crippen LogP contribution in [0.25, 0.3) is 0 Å². The molecule has 112 valence electrons. The molecule has 1 aromatic heterocycles. The van der Waals surface area contributed by atoms with Crippen LogP contribution in [0.2, 0.25) is 0 Å². The van der Waals surface area contributed by atoms with E-state index in [9.17, 15) is 12.8 Å². The third-order valence-corrected chi connectivity index (χ3v) is 4.49. The molecule has 21 heavy (non-hydrogen) atoms. The van der Waals surface area contributed by atoms with Crippen molar-refractivity contribution < 1.29 is 17.5 Å². The third kappa shape index (κ3) is 3.56. The topological polar surface area (TPSA) is 68.3 Å². The van der Waals surface area contributed by atoms with Crippen molar-refractivity contribution >= 4 is 10.0 Å². The second-order valence-electron chi connectivity index (χ2n) is 4.43. The van der Waals surface area contributed by atoms with E-state index in [2.05, 4.69) is 9.71 Å². The molecule has 0 saturated heterocycles. The summed E-state index contributed by atoms with van der Waals surface area (Å²) in [4.78, 5) is 3.78. The summed E-state index contributed by atoms with van der Waals surface area (Å²) in [6.07, 6.45) is 3.17. The van der Waals surface area contributed by atoms with Crippen LogP contribution in [0.3, 0.4) is 0 Å². The fourth-order valence-corrected chi connectivity index (χ4v) is 3.06. The van der Waals surface area contributed by atoms with E-state index in [4.69, 9.17) is 4.74 Å². The standard InChI is InChI=1S/C14H15FN2O3S/c1-10(11-4-3-7-16-9-11)17-21(18,19)12-5-6-14(20-2)13(15)8-12/h3-10,17H,1-2H3. The molecule has 0 aliphatic carbocycles. The number of nitrogens with zero attached hydrogens (tertiary/aromatic N) is 1. The molecule has 1 atom stereocenters. The van der Waals surface area contributed by atoms with E-state index >= 15 is 0 Å². The lowest BCUT2D eigenvalue weighted by Crippen LogP contribution is -2.27. The predicted molar refractivity (Wildman–Crippen MR) is 75.9 cm³/mol. The number of pyridine rings is 1. The average molecular weight is 310 g/mol. The first-order chi connectivity index (χ1) is 9.94. The van der Waals surface area contributed by atoms with Gasteiger partial charge in [0.25, 0.3) is 0 Å². The van der Waals surface area contributed by atoms with Gasteiger partial charge in [-0.3, -0.25) is 4.98 Å². The molecule has 0 spiro atoms. The lowest BCUT2D eigenvalue weighted by Gasteiger charge is -2.14. The molecule has 2 aromatic rings. The highest BCUT2D eigenvalue weighted by Crippen LogP contribution is 2.22. The molecule has 1 N–H and O–H groups in total. The van der Waals surface area contributed by atoms with E-state index in [1.54, 1.807) is 31.5 Å². The third-order valence-electron chi connectivity index (χ3n) is 2.95. The number of methoxy groups -OCH3 is 1. The highest BCUT2D eigenvalue weighted by Gasteiger charge is 2.20. The fourth-order valence-electron chi connectivity index (χ4n) is 1.82. The van der Waals surface area contributed by atoms with Crippen LogP contribution in [0.1, 0.15) is 18.5 Å². The van der Waals surface area contributed by atoms with Crippen LogP contribution < -0.4 is 9.46 Å². The van der Waals surface area contributed by atoms with E-state index < -0.39 is 21.9 Å². The Labute approximate surface area is 122 Å². The molecule has 5 nitrogen and oxygen atoms in total. The van der Waals surface area contributed by atoms with Gasteiger partial charge < -0.3 is 4.74 Å². The van der Waals surface area contributed by atoms with Gasteiger partial charge in [-0.2, -0.15) is 0 Å². The minimum absolute atomic E-state index is 0.00532. The van der Waals surface area contributed by atoms with Crippen LogP contribution in [0, 0.1) is 5.82 Å². The number of sulfonamides is 1. The maximum absolute atomic E-state index is 13.6. The largest absolute Gasteiger partial charge is 0.494 e. The van der Waals surface area contributed by atoms with E-state index in [0.29, 0.717) is 0 Å². The second kappa shape index (κ2) is 6.19. The van der Waals surface area contributed by atoms with E-state index in [-0.39, 0.29) is 10.6 Å². The van der Waals surface area contributed by atoms with Crippen molar-refractivity contribution in [2.24, 2.45) is 0 Å². The average Bonchev–Trinajstić information content (AvgIpc) is 2.47. The Bertz CT molecular complexity index is 720. The van der Waals surface area contributed by atoms with Crippen LogP contribution in [-0.4, -0.2) is 20.5 Å². The normalized spacial score (nSPS) is 12.9. The minimum Gasteiger partial charge on any atom is -0.494 e. The first-order valence-corrected chi connectivity index (χ1v) is 7.68. The molecule has 0 saturated carbocycles. The van der Waals surface area contributed by atoms with Crippen LogP contribution in [0.5, 0.6) is 5.75 Å². The zero-order valence-electron chi connectivity index (χ0n) is 11.6. The predicted octanol–water partition coefficient (Wildman–Crippen LogP) is 2.27. The van der Waals surface area contributed by atoms with Gasteiger partial charge in [0.2, 0.25) is 10.0 Å². The summed E-state index contributed by atoms with van der Waals surface area (Å²) in [5.74, 6) is -0.733. The molecule has 0 aliphatic heterocycles. The Kier molecular flexibility index (Phi) is 4.54. The molecule has 7 heteroatoms. The Morgan fingerprint density at radius 3 is 2.67 bits per heavy atom. The minimum atomic E-state index is -3.83. The van der Waals surface area contributed by atoms with E-state index in [0.717, 1.165) is 11.6 Å². The van der Waals surface area contributed by atoms with Crippen molar-refractivity contribution in [1.82, 2.24) is 9.71 Å². The monoisotopic (exact) mass is 310 g/mol. The maximum atomic E-state index is 13.6. The Balaban J connectivity index is 2.24. The van der Waals surface area contributed by atoms with Gasteiger partial charge >= 0.3 is 0 Å². The summed E-state index contributed by atoms with van der Waals surface area (Å²) < 4.78 is 45.3. The molecule has 1 aromatic carbocycles. The first-order valence-electron chi connectivity index (χ1n) is 6.20. The number of rotatable bonds is 5. The molecule has 1 unspecified atom stereocenters. The Hall–Kier alpha value is -1.99. The molecule has 0 radical (unpaired) electrons. The van der Waals surface area contributed by atoms with Crippen molar-refractivity contribution in [2.75, 3.05) is 7.11 Å². The highest BCUT2D eigenvalue weighted by molar-refractivity contribution is 7.89. The molecular weight excluding hydrogens is 295 g/mol. The van der Waals surface area contributed by atoms with Gasteiger partial charge in [0.1, 0.15) is 0 Å². The van der Waals surface area contributed by atoms with Crippen LogP contribution in [0.15, 0.2) is 47.6 Å². The van der Waals surface area contributed by atoms with Gasteiger partial charge in [-0.25, -0.2) is 17.5 Å². The number of halogens is 1. The number of benzene rings is 1. The molecular formula is C14H15FN2O3S. The smallest absolute Gasteiger partial charge is 0.241 e. The summed E-state index contributed by atoms with van der Waals surface area (Å²) >= 11 is 0. The Morgan fingerprint density at radius 1 is 1.33 bits per heavy atom. The zero-order chi connectivity index (χ0) is 15.5. The summed E-state index contributed by atoms with van der Waals surface area (Å²) in [5, 5.41) is 0. The van der Waals surface area contributed by atoms with Crippen molar-refractivity contribution in [3.05, 3.63) is 54.1 Å². The summed E-state index contributed by atoms with van der Waals surface area (Å²) in [7, 11) is -2.51. The second-order valence-corrected chi connectivity index (χ2v) is 6.14. The van der Waals surface area contributed by atoms with Crippen molar-refractivity contribution in [3.63, 3.8) is 0 Å². The summed E-state index contributed by atoms with van der Waals surface area (Å²) in [6, 6.07) is 6.49. The van der Waals surface area contributed by atoms with Gasteiger partial charge in [0, 0.05) is 18.4 Å². The molecule has 0 aliphatic rings. The van der Waals surface area contributed by atoms with Gasteiger partial charge in [-0.05, 0) is 36.8 Å². The summed E-state index contributed by atoms with van der Waals surface area (Å²) in [6.45, 7) is 1.69. The molecule has 0 bridgehead atoms. The van der Waals surface area contributed by atoms with Crippen molar-refractivity contribution in [1.29, 1.82) is 0 Å². The van der Waals surface area contributed by atoms with Crippen LogP contribution in [-0.2, 0) is 10.0 Å². The summed E-state index contributed by atoms with van der Waals surface area (Å²) in [5.41, 5.74) is 0.718. The highest BCUT2D eigenvalue weighted by atomic mass is 32.2. The van der Waals surface area contributed by atoms with Crippen molar-refractivity contribution in [3.8, 4) is 5.75 Å². The maximum Gasteiger partial charge on any atom is 0.241 e. The number of ether oxygens (including phenoxy) is 1. The lowest BCUT2D eigenvalue weighted by molar-refractivity contribution is 0.385. The van der Waals surface area contributed by atoms with E-state index in [1.165, 1.54) is 19.2 Å². The molecule has 2 rings (SSSR count). The van der Waals surface area contributed by atoms with Crippen LogP contribution in [0.4, 0.5) is 4.39 Å². The number of aromatic nitrogens is 1. The SMILES string of the molecule is COc1ccc(S(=O)(=O)NC(C)c2cccnc2)cc1F. The number of hydrogen-bond acceptors (Lipinski definition) is 4. The Morgan fingerprint density at radius 2 is 2.10 bits per heavy atom. The zero-order valence-corrected chi connectivity index (χ0v) is 12.4. The quantitative estimate of drug-likeness (QED) is 0.920. The number of nitrogens with one attached hydrogen (secondary N) is 1. The lowest BCUT2D eigenvalue weighted by atomic mass is 10.2. The van der Waals surface area contributed by atoms with E-state index in [1.807, 2.05) is 0 Å². The van der Waals surface area contributed by atoms with Gasteiger partial charge in [0.05, 0.1) is 12.0 Å². The molecule has 1 heterocycles. The molecule has 0 fully saturated rings. The van der Waals surface area contributed by atoms with Gasteiger partial charge in [-0.15, -0.1) is 0 Å². The number of hydrogen-bond donors (Lipinski definition) is 1. The first kappa shape index (κ1) is 15.4. The van der Waals surface area contributed by atoms with Gasteiger partial charge in [-0.1, -0.05) is 6.07 Å². The van der Waals surface area contributed by atoms with Crippen LogP contribution >= 0.6 is 0 Å². The van der Waals surface area contributed by atoms with Crippen molar-refractivity contribution in [2.45, 2.75) is 17.9 Å². The fraction of sp³-hybridized carbons (Fsp3) is 0.214. The van der Waals surface area contributed by atoms with Gasteiger partial charge in [0.15, 0.2) is 11.6 Å².